The van der Waals surface area contributed by atoms with Gasteiger partial charge < -0.3 is 10.2 Å². The zero-order chi connectivity index (χ0) is 21.7. The van der Waals surface area contributed by atoms with Gasteiger partial charge in [0.2, 0.25) is 11.8 Å². The lowest BCUT2D eigenvalue weighted by atomic mass is 10.0. The van der Waals surface area contributed by atoms with Gasteiger partial charge >= 0.3 is 0 Å². The summed E-state index contributed by atoms with van der Waals surface area (Å²) in [6, 6.07) is 18.7. The molecule has 0 radical (unpaired) electrons. The van der Waals surface area contributed by atoms with Crippen molar-refractivity contribution in [2.45, 2.75) is 32.4 Å². The Labute approximate surface area is 186 Å². The molecular formula is C24H24Cl2N2O2. The molecule has 30 heavy (non-hydrogen) atoms. The molecule has 0 bridgehead atoms. The van der Waals surface area contributed by atoms with Crippen LogP contribution in [0.2, 0.25) is 10.0 Å². The van der Waals surface area contributed by atoms with Crippen molar-refractivity contribution in [3.05, 3.63) is 81.8 Å². The number of likely N-dealkylation sites (N-methyl/N-ethyl adjacent to an activating group) is 1. The second-order valence-corrected chi connectivity index (χ2v) is 8.03. The van der Waals surface area contributed by atoms with Crippen LogP contribution in [0.15, 0.2) is 60.7 Å². The van der Waals surface area contributed by atoms with Crippen molar-refractivity contribution in [3.63, 3.8) is 0 Å². The number of amides is 2. The minimum atomic E-state index is -0.623. The summed E-state index contributed by atoms with van der Waals surface area (Å²) in [7, 11) is 1.56. The molecule has 2 amide bonds. The van der Waals surface area contributed by atoms with Crippen LogP contribution in [-0.4, -0.2) is 29.8 Å². The van der Waals surface area contributed by atoms with Gasteiger partial charge in [-0.05, 0) is 47.4 Å². The average molecular weight is 443 g/mol. The van der Waals surface area contributed by atoms with Crippen molar-refractivity contribution >= 4 is 45.8 Å². The van der Waals surface area contributed by atoms with Gasteiger partial charge in [-0.15, -0.1) is 0 Å². The predicted molar refractivity (Wildman–Crippen MR) is 123 cm³/mol. The number of carbonyl (C=O) groups excluding carboxylic acids is 2. The molecule has 0 fully saturated rings. The van der Waals surface area contributed by atoms with Crippen molar-refractivity contribution in [2.24, 2.45) is 0 Å². The first-order chi connectivity index (χ1) is 14.4. The highest BCUT2D eigenvalue weighted by atomic mass is 35.5. The average Bonchev–Trinajstić information content (AvgIpc) is 2.75. The molecule has 0 aliphatic heterocycles. The fraction of sp³-hybridized carbons (Fsp3) is 0.250. The van der Waals surface area contributed by atoms with Gasteiger partial charge in [0, 0.05) is 30.1 Å². The summed E-state index contributed by atoms with van der Waals surface area (Å²) in [6.07, 6.45) is 0.881. The Morgan fingerprint density at radius 3 is 2.47 bits per heavy atom. The highest BCUT2D eigenvalue weighted by Gasteiger charge is 2.26. The van der Waals surface area contributed by atoms with Crippen LogP contribution in [0.25, 0.3) is 10.8 Å². The maximum absolute atomic E-state index is 13.2. The summed E-state index contributed by atoms with van der Waals surface area (Å²) in [5, 5.41) is 5.90. The van der Waals surface area contributed by atoms with Gasteiger partial charge in [0.25, 0.3) is 0 Å². The minimum absolute atomic E-state index is 0.106. The molecule has 6 heteroatoms. The second-order valence-electron chi connectivity index (χ2n) is 7.19. The fourth-order valence-corrected chi connectivity index (χ4v) is 3.99. The van der Waals surface area contributed by atoms with E-state index in [1.165, 1.54) is 0 Å². The lowest BCUT2D eigenvalue weighted by Gasteiger charge is -2.29. The molecule has 0 spiro atoms. The lowest BCUT2D eigenvalue weighted by Crippen LogP contribution is -2.46. The maximum Gasteiger partial charge on any atom is 0.242 e. The Hall–Kier alpha value is -2.56. The number of benzene rings is 3. The summed E-state index contributed by atoms with van der Waals surface area (Å²) in [4.78, 5) is 27.0. The topological polar surface area (TPSA) is 49.4 Å². The largest absolute Gasteiger partial charge is 0.357 e. The van der Waals surface area contributed by atoms with E-state index < -0.39 is 6.04 Å². The zero-order valence-corrected chi connectivity index (χ0v) is 18.5. The fourth-order valence-electron chi connectivity index (χ4n) is 3.52. The quantitative estimate of drug-likeness (QED) is 0.543. The van der Waals surface area contributed by atoms with Gasteiger partial charge in [0.15, 0.2) is 0 Å². The molecule has 0 saturated carbocycles. The van der Waals surface area contributed by atoms with E-state index in [0.717, 1.165) is 21.9 Å². The number of halogens is 2. The van der Waals surface area contributed by atoms with Crippen molar-refractivity contribution in [1.82, 2.24) is 10.2 Å². The molecule has 0 saturated heterocycles. The maximum atomic E-state index is 13.2. The Morgan fingerprint density at radius 2 is 1.73 bits per heavy atom. The highest BCUT2D eigenvalue weighted by Crippen LogP contribution is 2.24. The van der Waals surface area contributed by atoms with Crippen LogP contribution in [-0.2, 0) is 22.6 Å². The van der Waals surface area contributed by atoms with Crippen molar-refractivity contribution in [2.75, 3.05) is 7.05 Å². The molecule has 0 aliphatic rings. The van der Waals surface area contributed by atoms with Crippen molar-refractivity contribution < 1.29 is 9.59 Å². The Morgan fingerprint density at radius 1 is 1.00 bits per heavy atom. The molecule has 1 N–H and O–H groups in total. The van der Waals surface area contributed by atoms with E-state index in [-0.39, 0.29) is 18.4 Å². The summed E-state index contributed by atoms with van der Waals surface area (Å²) in [5.41, 5.74) is 1.86. The van der Waals surface area contributed by atoms with E-state index >= 15 is 0 Å². The number of hydrogen-bond donors (Lipinski definition) is 1. The first kappa shape index (κ1) is 22.1. The van der Waals surface area contributed by atoms with Gasteiger partial charge in [-0.2, -0.15) is 0 Å². The normalized spacial score (nSPS) is 11.9. The van der Waals surface area contributed by atoms with Crippen molar-refractivity contribution in [3.8, 4) is 0 Å². The summed E-state index contributed by atoms with van der Waals surface area (Å²) >= 11 is 12.3. The number of rotatable bonds is 7. The minimum Gasteiger partial charge on any atom is -0.357 e. The van der Waals surface area contributed by atoms with E-state index in [9.17, 15) is 9.59 Å². The monoisotopic (exact) mass is 442 g/mol. The molecule has 0 aromatic heterocycles. The number of nitrogens with one attached hydrogen (secondary N) is 1. The third-order valence-electron chi connectivity index (χ3n) is 5.26. The highest BCUT2D eigenvalue weighted by molar-refractivity contribution is 6.35. The Balaban J connectivity index is 1.81. The standard InChI is InChI=1S/C24H24Cl2N2O2/c1-16(24(30)27-2)28(15-19-10-12-20(25)14-22(19)26)23(29)13-11-18-8-5-7-17-6-3-4-9-21(17)18/h3-10,12,14,16H,11,13,15H2,1-2H3,(H,27,30)/t16-/m0/s1. The molecule has 3 aromatic carbocycles. The third kappa shape index (κ3) is 5.13. The molecule has 3 rings (SSSR count). The van der Waals surface area contributed by atoms with Gasteiger partial charge in [-0.25, -0.2) is 0 Å². The number of hydrogen-bond acceptors (Lipinski definition) is 2. The molecule has 156 valence electrons. The van der Waals surface area contributed by atoms with Crippen LogP contribution in [0.5, 0.6) is 0 Å². The number of aryl methyl sites for hydroxylation is 1. The zero-order valence-electron chi connectivity index (χ0n) is 17.0. The van der Waals surface area contributed by atoms with E-state index in [0.29, 0.717) is 22.9 Å². The van der Waals surface area contributed by atoms with E-state index in [4.69, 9.17) is 23.2 Å². The molecular weight excluding hydrogens is 419 g/mol. The molecule has 4 nitrogen and oxygen atoms in total. The smallest absolute Gasteiger partial charge is 0.242 e. The van der Waals surface area contributed by atoms with Crippen LogP contribution < -0.4 is 5.32 Å². The van der Waals surface area contributed by atoms with E-state index in [1.807, 2.05) is 24.3 Å². The first-order valence-electron chi connectivity index (χ1n) is 9.82. The van der Waals surface area contributed by atoms with Gasteiger partial charge in [-0.3, -0.25) is 9.59 Å². The van der Waals surface area contributed by atoms with Crippen LogP contribution in [0.3, 0.4) is 0 Å². The van der Waals surface area contributed by atoms with E-state index in [1.54, 1.807) is 37.1 Å². The van der Waals surface area contributed by atoms with Crippen LogP contribution in [0, 0.1) is 0 Å². The molecule has 0 unspecified atom stereocenters. The lowest BCUT2D eigenvalue weighted by molar-refractivity contribution is -0.140. The van der Waals surface area contributed by atoms with Crippen LogP contribution in [0.1, 0.15) is 24.5 Å². The number of nitrogens with zero attached hydrogens (tertiary/aromatic N) is 1. The van der Waals surface area contributed by atoms with Crippen molar-refractivity contribution in [1.29, 1.82) is 0 Å². The summed E-state index contributed by atoms with van der Waals surface area (Å²) in [6.45, 7) is 1.96. The second kappa shape index (κ2) is 9.96. The Kier molecular flexibility index (Phi) is 7.35. The van der Waals surface area contributed by atoms with Crippen LogP contribution >= 0.6 is 23.2 Å². The first-order valence-corrected chi connectivity index (χ1v) is 10.6. The summed E-state index contributed by atoms with van der Waals surface area (Å²) in [5.74, 6) is -0.330. The molecule has 0 aliphatic carbocycles. The number of fused-ring (bicyclic) bond motifs is 1. The molecule has 1 atom stereocenters. The van der Waals surface area contributed by atoms with Crippen LogP contribution in [0.4, 0.5) is 0 Å². The number of carbonyl (C=O) groups is 2. The van der Waals surface area contributed by atoms with Gasteiger partial charge in [0.05, 0.1) is 0 Å². The molecule has 3 aromatic rings. The SMILES string of the molecule is CNC(=O)[C@H](C)N(Cc1ccc(Cl)cc1Cl)C(=O)CCc1cccc2ccccc12. The molecule has 0 heterocycles. The van der Waals surface area contributed by atoms with Gasteiger partial charge in [-0.1, -0.05) is 71.7 Å². The Bertz CT molecular complexity index is 1060. The summed E-state index contributed by atoms with van der Waals surface area (Å²) < 4.78 is 0. The van der Waals surface area contributed by atoms with E-state index in [2.05, 4.69) is 23.5 Å². The predicted octanol–water partition coefficient (Wildman–Crippen LogP) is 5.24. The third-order valence-corrected chi connectivity index (χ3v) is 5.84. The van der Waals surface area contributed by atoms with Gasteiger partial charge in [0.1, 0.15) is 6.04 Å².